The van der Waals surface area contributed by atoms with Gasteiger partial charge >= 0.3 is 6.09 Å². The number of carbonyl (C=O) groups is 2. The molecule has 0 bridgehead atoms. The lowest BCUT2D eigenvalue weighted by Gasteiger charge is -2.17. The number of carboxylic acid groups (broad SMARTS) is 1. The topological polar surface area (TPSA) is 78.4 Å². The van der Waals surface area contributed by atoms with E-state index < -0.39 is 12.0 Å². The monoisotopic (exact) mass is 236 g/mol. The minimum atomic E-state index is -1.32. The van der Waals surface area contributed by atoms with Gasteiger partial charge in [0.15, 0.2) is 0 Å². The summed E-state index contributed by atoms with van der Waals surface area (Å²) in [6.45, 7) is 1.94. The van der Waals surface area contributed by atoms with Crippen LogP contribution in [0.5, 0.6) is 0 Å². The molecule has 1 atom stereocenters. The second kappa shape index (κ2) is 6.52. The summed E-state index contributed by atoms with van der Waals surface area (Å²) < 4.78 is 0. The fourth-order valence-electron chi connectivity index (χ4n) is 1.46. The van der Waals surface area contributed by atoms with E-state index in [0.29, 0.717) is 0 Å². The van der Waals surface area contributed by atoms with Crippen LogP contribution in [-0.4, -0.2) is 23.1 Å². The van der Waals surface area contributed by atoms with Crippen LogP contribution in [0.1, 0.15) is 19.8 Å². The van der Waals surface area contributed by atoms with Gasteiger partial charge in [0.1, 0.15) is 0 Å². The van der Waals surface area contributed by atoms with Crippen molar-refractivity contribution in [3.63, 3.8) is 0 Å². The first kappa shape index (κ1) is 13.0. The molecule has 0 radical (unpaired) electrons. The van der Waals surface area contributed by atoms with E-state index in [0.717, 1.165) is 12.1 Å². The fraction of sp³-hybridized carbons (Fsp3) is 0.333. The molecule has 0 aromatic heterocycles. The predicted octanol–water partition coefficient (Wildman–Crippen LogP) is 2.06. The van der Waals surface area contributed by atoms with Crippen LogP contribution in [-0.2, 0) is 4.79 Å². The Morgan fingerprint density at radius 2 is 1.94 bits per heavy atom. The number of rotatable bonds is 5. The Bertz CT molecular complexity index is 379. The smallest absolute Gasteiger partial charge is 0.411 e. The molecule has 5 nitrogen and oxygen atoms in total. The Labute approximate surface area is 99.8 Å². The van der Waals surface area contributed by atoms with Gasteiger partial charge in [-0.3, -0.25) is 10.1 Å². The summed E-state index contributed by atoms with van der Waals surface area (Å²) in [6.07, 6.45) is -0.441. The summed E-state index contributed by atoms with van der Waals surface area (Å²) >= 11 is 0. The van der Waals surface area contributed by atoms with Crippen molar-refractivity contribution in [2.45, 2.75) is 25.8 Å². The normalized spacial score (nSPS) is 11.6. The van der Waals surface area contributed by atoms with E-state index in [-0.39, 0.29) is 12.5 Å². The molecule has 5 heteroatoms. The standard InChI is InChI=1S/C12H16N2O3/c1-2-9(8-11(15)14-12(16)17)13-10-6-4-3-5-7-10/h3-7,9,13H,2,8H2,1H3,(H,14,15)(H,16,17). The van der Waals surface area contributed by atoms with Crippen molar-refractivity contribution in [1.82, 2.24) is 5.32 Å². The van der Waals surface area contributed by atoms with Crippen molar-refractivity contribution in [3.05, 3.63) is 30.3 Å². The van der Waals surface area contributed by atoms with Gasteiger partial charge < -0.3 is 10.4 Å². The summed E-state index contributed by atoms with van der Waals surface area (Å²) in [7, 11) is 0. The van der Waals surface area contributed by atoms with Gasteiger partial charge in [-0.2, -0.15) is 0 Å². The highest BCUT2D eigenvalue weighted by atomic mass is 16.4. The Morgan fingerprint density at radius 1 is 1.29 bits per heavy atom. The fourth-order valence-corrected chi connectivity index (χ4v) is 1.46. The molecule has 1 unspecified atom stereocenters. The first-order valence-electron chi connectivity index (χ1n) is 5.46. The van der Waals surface area contributed by atoms with Gasteiger partial charge in [-0.05, 0) is 18.6 Å². The van der Waals surface area contributed by atoms with Crippen LogP contribution >= 0.6 is 0 Å². The molecule has 1 rings (SSSR count). The average Bonchev–Trinajstić information content (AvgIpc) is 2.28. The maximum atomic E-state index is 11.3. The zero-order chi connectivity index (χ0) is 12.7. The van der Waals surface area contributed by atoms with E-state index in [1.165, 1.54) is 0 Å². The number of carbonyl (C=O) groups excluding carboxylic acids is 1. The molecule has 0 heterocycles. The van der Waals surface area contributed by atoms with Crippen LogP contribution in [0, 0.1) is 0 Å². The van der Waals surface area contributed by atoms with Crippen LogP contribution in [0.4, 0.5) is 10.5 Å². The lowest BCUT2D eigenvalue weighted by molar-refractivity contribution is -0.120. The molecule has 3 N–H and O–H groups in total. The minimum Gasteiger partial charge on any atom is -0.465 e. The predicted molar refractivity (Wildman–Crippen MR) is 64.9 cm³/mol. The second-order valence-corrected chi connectivity index (χ2v) is 3.67. The maximum Gasteiger partial charge on any atom is 0.411 e. The van der Waals surface area contributed by atoms with E-state index in [1.807, 2.05) is 42.6 Å². The molecular formula is C12H16N2O3. The van der Waals surface area contributed by atoms with Crippen molar-refractivity contribution in [3.8, 4) is 0 Å². The zero-order valence-electron chi connectivity index (χ0n) is 9.64. The van der Waals surface area contributed by atoms with Crippen molar-refractivity contribution in [2.75, 3.05) is 5.32 Å². The van der Waals surface area contributed by atoms with E-state index >= 15 is 0 Å². The number of anilines is 1. The number of nitrogens with one attached hydrogen (secondary N) is 2. The first-order chi connectivity index (χ1) is 8.11. The van der Waals surface area contributed by atoms with E-state index in [2.05, 4.69) is 5.32 Å². The molecule has 0 aliphatic carbocycles. The Morgan fingerprint density at radius 3 is 2.47 bits per heavy atom. The van der Waals surface area contributed by atoms with Gasteiger partial charge in [-0.15, -0.1) is 0 Å². The summed E-state index contributed by atoms with van der Waals surface area (Å²) in [5.41, 5.74) is 0.919. The largest absolute Gasteiger partial charge is 0.465 e. The Balaban J connectivity index is 2.49. The van der Waals surface area contributed by atoms with Gasteiger partial charge in [0.2, 0.25) is 5.91 Å². The lowest BCUT2D eigenvalue weighted by Crippen LogP contribution is -2.33. The van der Waals surface area contributed by atoms with Crippen LogP contribution in [0.15, 0.2) is 30.3 Å². The summed E-state index contributed by atoms with van der Waals surface area (Å²) in [5.74, 6) is -0.493. The average molecular weight is 236 g/mol. The molecule has 0 aliphatic heterocycles. The third-order valence-electron chi connectivity index (χ3n) is 2.32. The van der Waals surface area contributed by atoms with Crippen LogP contribution in [0.25, 0.3) is 0 Å². The number of hydrogen-bond donors (Lipinski definition) is 3. The lowest BCUT2D eigenvalue weighted by atomic mass is 10.1. The first-order valence-corrected chi connectivity index (χ1v) is 5.46. The SMILES string of the molecule is CCC(CC(=O)NC(=O)O)Nc1ccccc1. The van der Waals surface area contributed by atoms with Crippen LogP contribution in [0.2, 0.25) is 0 Å². The summed E-state index contributed by atoms with van der Waals surface area (Å²) in [4.78, 5) is 21.6. The van der Waals surface area contributed by atoms with E-state index in [4.69, 9.17) is 5.11 Å². The highest BCUT2D eigenvalue weighted by molar-refractivity contribution is 5.91. The van der Waals surface area contributed by atoms with Crippen molar-refractivity contribution < 1.29 is 14.7 Å². The van der Waals surface area contributed by atoms with Crippen LogP contribution in [0.3, 0.4) is 0 Å². The van der Waals surface area contributed by atoms with Crippen LogP contribution < -0.4 is 10.6 Å². The third-order valence-corrected chi connectivity index (χ3v) is 2.32. The molecule has 1 aromatic rings. The van der Waals surface area contributed by atoms with E-state index in [1.54, 1.807) is 0 Å². The van der Waals surface area contributed by atoms with Gasteiger partial charge in [0.05, 0.1) is 0 Å². The molecule has 17 heavy (non-hydrogen) atoms. The van der Waals surface area contributed by atoms with Gasteiger partial charge in [-0.25, -0.2) is 4.79 Å². The number of amides is 2. The number of imide groups is 1. The highest BCUT2D eigenvalue weighted by Gasteiger charge is 2.13. The quantitative estimate of drug-likeness (QED) is 0.731. The summed E-state index contributed by atoms with van der Waals surface area (Å²) in [6, 6.07) is 9.43. The Hall–Kier alpha value is -2.04. The molecule has 2 amide bonds. The number of benzene rings is 1. The summed E-state index contributed by atoms with van der Waals surface area (Å²) in [5, 5.41) is 13.4. The number of hydrogen-bond acceptors (Lipinski definition) is 3. The molecule has 0 saturated carbocycles. The third kappa shape index (κ3) is 5.01. The highest BCUT2D eigenvalue weighted by Crippen LogP contribution is 2.10. The molecule has 0 spiro atoms. The van der Waals surface area contributed by atoms with Crippen molar-refractivity contribution in [2.24, 2.45) is 0 Å². The second-order valence-electron chi connectivity index (χ2n) is 3.67. The molecule has 0 fully saturated rings. The molecule has 1 aromatic carbocycles. The van der Waals surface area contributed by atoms with E-state index in [9.17, 15) is 9.59 Å². The minimum absolute atomic E-state index is 0.0725. The molecular weight excluding hydrogens is 220 g/mol. The van der Waals surface area contributed by atoms with Gasteiger partial charge in [-0.1, -0.05) is 25.1 Å². The van der Waals surface area contributed by atoms with Gasteiger partial charge in [0, 0.05) is 18.2 Å². The van der Waals surface area contributed by atoms with Crippen molar-refractivity contribution in [1.29, 1.82) is 0 Å². The molecule has 0 aliphatic rings. The maximum absolute atomic E-state index is 11.3. The zero-order valence-corrected chi connectivity index (χ0v) is 9.64. The number of para-hydroxylation sites is 1. The Kier molecular flexibility index (Phi) is 5.00. The van der Waals surface area contributed by atoms with Gasteiger partial charge in [0.25, 0.3) is 0 Å². The molecule has 92 valence electrons. The molecule has 0 saturated heterocycles. The van der Waals surface area contributed by atoms with Crippen molar-refractivity contribution >= 4 is 17.7 Å².